The molecule has 6 nitrogen and oxygen atoms in total. The van der Waals surface area contributed by atoms with Crippen LogP contribution in [-0.2, 0) is 6.61 Å². The molecular weight excluding hydrogens is 360 g/mol. The smallest absolute Gasteiger partial charge is 0.210 e. The number of nitrogens with zero attached hydrogens (tertiary/aromatic N) is 3. The molecule has 1 heterocycles. The molecule has 1 N–H and O–H groups in total. The van der Waals surface area contributed by atoms with Crippen LogP contribution in [0.2, 0.25) is 0 Å². The zero-order chi connectivity index (χ0) is 19.4. The lowest BCUT2D eigenvalue weighted by Gasteiger charge is -2.15. The first-order valence-corrected chi connectivity index (χ1v) is 9.55. The molecule has 0 unspecified atom stereocenters. The van der Waals surface area contributed by atoms with Crippen LogP contribution >= 0.6 is 11.3 Å². The molecule has 0 bridgehead atoms. The fraction of sp³-hybridized carbons (Fsp3) is 0.300. The monoisotopic (exact) mass is 382 g/mol. The van der Waals surface area contributed by atoms with E-state index < -0.39 is 0 Å². The second-order valence-corrected chi connectivity index (χ2v) is 7.71. The summed E-state index contributed by atoms with van der Waals surface area (Å²) >= 11 is 1.45. The molecule has 0 aliphatic rings. The third kappa shape index (κ3) is 4.49. The van der Waals surface area contributed by atoms with Gasteiger partial charge >= 0.3 is 0 Å². The lowest BCUT2D eigenvalue weighted by atomic mass is 9.99. The number of anilines is 2. The fourth-order valence-electron chi connectivity index (χ4n) is 2.69. The molecular formula is C20H22N4O2S. The van der Waals surface area contributed by atoms with E-state index in [1.165, 1.54) is 11.3 Å². The van der Waals surface area contributed by atoms with Crippen molar-refractivity contribution in [3.63, 3.8) is 0 Å². The van der Waals surface area contributed by atoms with E-state index in [4.69, 9.17) is 4.74 Å². The summed E-state index contributed by atoms with van der Waals surface area (Å²) in [6, 6.07) is 11.7. The van der Waals surface area contributed by atoms with Gasteiger partial charge in [0, 0.05) is 5.69 Å². The largest absolute Gasteiger partial charge is 0.486 e. The summed E-state index contributed by atoms with van der Waals surface area (Å²) in [5.41, 5.74) is 4.36. The van der Waals surface area contributed by atoms with Crippen LogP contribution in [0, 0.1) is 18.8 Å². The van der Waals surface area contributed by atoms with Crippen molar-refractivity contribution in [2.45, 2.75) is 40.2 Å². The molecule has 3 rings (SSSR count). The lowest BCUT2D eigenvalue weighted by molar-refractivity contribution is 0.300. The van der Waals surface area contributed by atoms with Crippen molar-refractivity contribution in [1.29, 1.82) is 0 Å². The van der Waals surface area contributed by atoms with Gasteiger partial charge in [-0.1, -0.05) is 43.4 Å². The zero-order valence-corrected chi connectivity index (χ0v) is 16.6. The maximum Gasteiger partial charge on any atom is 0.210 e. The molecule has 0 aliphatic carbocycles. The number of para-hydroxylation sites is 1. The standard InChI is InChI=1S/C20H22N4O2S/c1-12(2)15-10-17(24-25)14(4)9-18(15)26-11-19-22-23-20(27-19)21-16-8-6-5-7-13(16)3/h5-10,12H,11H2,1-4H3,(H,21,23). The highest BCUT2D eigenvalue weighted by Crippen LogP contribution is 2.34. The SMILES string of the molecule is Cc1cc(OCc2nnc(Nc3ccccc3C)s2)c(C(C)C)cc1N=O. The molecule has 0 aliphatic heterocycles. The molecule has 0 saturated heterocycles. The molecule has 3 aromatic rings. The zero-order valence-electron chi connectivity index (χ0n) is 15.8. The van der Waals surface area contributed by atoms with Gasteiger partial charge in [-0.3, -0.25) is 0 Å². The van der Waals surface area contributed by atoms with Crippen molar-refractivity contribution in [3.05, 3.63) is 63.0 Å². The Labute approximate surface area is 162 Å². The van der Waals surface area contributed by atoms with Crippen LogP contribution in [0.5, 0.6) is 5.75 Å². The first-order chi connectivity index (χ1) is 13.0. The Morgan fingerprint density at radius 2 is 1.93 bits per heavy atom. The predicted octanol–water partition coefficient (Wildman–Crippen LogP) is 6.00. The van der Waals surface area contributed by atoms with E-state index in [1.54, 1.807) is 6.07 Å². The van der Waals surface area contributed by atoms with Gasteiger partial charge in [0.15, 0.2) is 5.01 Å². The minimum atomic E-state index is 0.216. The van der Waals surface area contributed by atoms with Crippen molar-refractivity contribution >= 4 is 27.8 Å². The summed E-state index contributed by atoms with van der Waals surface area (Å²) < 4.78 is 5.99. The van der Waals surface area contributed by atoms with E-state index >= 15 is 0 Å². The summed E-state index contributed by atoms with van der Waals surface area (Å²) in [5, 5.41) is 16.3. The Bertz CT molecular complexity index is 953. The molecule has 0 atom stereocenters. The summed E-state index contributed by atoms with van der Waals surface area (Å²) in [6.07, 6.45) is 0. The molecule has 140 valence electrons. The number of hydrogen-bond acceptors (Lipinski definition) is 7. The van der Waals surface area contributed by atoms with Gasteiger partial charge < -0.3 is 10.1 Å². The third-order valence-corrected chi connectivity index (χ3v) is 5.07. The van der Waals surface area contributed by atoms with Gasteiger partial charge in [-0.05, 0) is 59.8 Å². The van der Waals surface area contributed by atoms with Crippen LogP contribution < -0.4 is 10.1 Å². The third-order valence-electron chi connectivity index (χ3n) is 4.25. The van der Waals surface area contributed by atoms with Crippen LogP contribution in [0.25, 0.3) is 0 Å². The van der Waals surface area contributed by atoms with E-state index in [0.29, 0.717) is 12.3 Å². The second-order valence-electron chi connectivity index (χ2n) is 6.65. The van der Waals surface area contributed by atoms with Crippen LogP contribution in [0.3, 0.4) is 0 Å². The van der Waals surface area contributed by atoms with Gasteiger partial charge in [-0.25, -0.2) is 0 Å². The summed E-state index contributed by atoms with van der Waals surface area (Å²) in [4.78, 5) is 11.0. The van der Waals surface area contributed by atoms with Crippen LogP contribution in [-0.4, -0.2) is 10.2 Å². The molecule has 0 fully saturated rings. The molecule has 7 heteroatoms. The highest BCUT2D eigenvalue weighted by molar-refractivity contribution is 7.15. The van der Waals surface area contributed by atoms with Crippen molar-refractivity contribution in [3.8, 4) is 5.75 Å². The molecule has 27 heavy (non-hydrogen) atoms. The number of hydrogen-bond donors (Lipinski definition) is 1. The van der Waals surface area contributed by atoms with Crippen LogP contribution in [0.4, 0.5) is 16.5 Å². The molecule has 1 aromatic heterocycles. The minimum absolute atomic E-state index is 0.216. The molecule has 0 radical (unpaired) electrons. The van der Waals surface area contributed by atoms with Crippen LogP contribution in [0.1, 0.15) is 41.5 Å². The predicted molar refractivity (Wildman–Crippen MR) is 109 cm³/mol. The van der Waals surface area contributed by atoms with Gasteiger partial charge in [0.25, 0.3) is 0 Å². The van der Waals surface area contributed by atoms with Crippen molar-refractivity contribution < 1.29 is 4.74 Å². The maximum atomic E-state index is 11.0. The lowest BCUT2D eigenvalue weighted by Crippen LogP contribution is -2.00. The number of rotatable bonds is 7. The second kappa shape index (κ2) is 8.26. The average molecular weight is 382 g/mol. The summed E-state index contributed by atoms with van der Waals surface area (Å²) in [6.45, 7) is 8.33. The van der Waals surface area contributed by atoms with E-state index in [2.05, 4.69) is 34.5 Å². The van der Waals surface area contributed by atoms with Gasteiger partial charge in [0.2, 0.25) is 5.13 Å². The van der Waals surface area contributed by atoms with Crippen LogP contribution in [0.15, 0.2) is 41.6 Å². The fourth-order valence-corrected chi connectivity index (χ4v) is 3.36. The van der Waals surface area contributed by atoms with Gasteiger partial charge in [-0.2, -0.15) is 0 Å². The van der Waals surface area contributed by atoms with Gasteiger partial charge in [-0.15, -0.1) is 15.1 Å². The normalized spacial score (nSPS) is 10.9. The molecule has 0 amide bonds. The van der Waals surface area contributed by atoms with E-state index in [9.17, 15) is 4.91 Å². The number of benzene rings is 2. The number of aryl methyl sites for hydroxylation is 2. The topological polar surface area (TPSA) is 76.5 Å². The highest BCUT2D eigenvalue weighted by atomic mass is 32.1. The maximum absolute atomic E-state index is 11.0. The van der Waals surface area contributed by atoms with Crippen molar-refractivity contribution in [2.75, 3.05) is 5.32 Å². The Morgan fingerprint density at radius 3 is 2.63 bits per heavy atom. The minimum Gasteiger partial charge on any atom is -0.486 e. The number of ether oxygens (including phenoxy) is 1. The Morgan fingerprint density at radius 1 is 1.15 bits per heavy atom. The Hall–Kier alpha value is -2.80. The number of nitroso groups, excluding NO2 is 1. The highest BCUT2D eigenvalue weighted by Gasteiger charge is 2.14. The molecule has 0 spiro atoms. The first-order valence-electron chi connectivity index (χ1n) is 8.73. The van der Waals surface area contributed by atoms with E-state index in [0.717, 1.165) is 38.3 Å². The summed E-state index contributed by atoms with van der Waals surface area (Å²) in [5.74, 6) is 0.965. The van der Waals surface area contributed by atoms with Gasteiger partial charge in [0.05, 0.1) is 0 Å². The number of nitrogens with one attached hydrogen (secondary N) is 1. The molecule has 2 aromatic carbocycles. The quantitative estimate of drug-likeness (QED) is 0.507. The Balaban J connectivity index is 1.73. The van der Waals surface area contributed by atoms with Crippen molar-refractivity contribution in [2.24, 2.45) is 5.18 Å². The molecule has 0 saturated carbocycles. The van der Waals surface area contributed by atoms with E-state index in [1.807, 2.05) is 44.2 Å². The summed E-state index contributed by atoms with van der Waals surface area (Å²) in [7, 11) is 0. The van der Waals surface area contributed by atoms with Gasteiger partial charge in [0.1, 0.15) is 18.0 Å². The Kier molecular flexibility index (Phi) is 5.81. The van der Waals surface area contributed by atoms with E-state index in [-0.39, 0.29) is 5.92 Å². The number of aromatic nitrogens is 2. The van der Waals surface area contributed by atoms with Crippen molar-refractivity contribution in [1.82, 2.24) is 10.2 Å². The first kappa shape index (κ1) is 19.0. The average Bonchev–Trinajstić information content (AvgIpc) is 3.09.